The first kappa shape index (κ1) is 5.56. The predicted molar refractivity (Wildman–Crippen MR) is 30.2 cm³/mol. The first-order valence-electron chi connectivity index (χ1n) is 2.70. The van der Waals surface area contributed by atoms with Gasteiger partial charge in [-0.1, -0.05) is 0 Å². The number of carbonyl (C=O) groups excluding carboxylic acids is 1. The van der Waals surface area contributed by atoms with Gasteiger partial charge in [0.05, 0.1) is 12.7 Å². The molecule has 1 saturated heterocycles. The van der Waals surface area contributed by atoms with Gasteiger partial charge in [0.2, 0.25) is 5.91 Å². The van der Waals surface area contributed by atoms with Gasteiger partial charge in [-0.2, -0.15) is 0 Å². The van der Waals surface area contributed by atoms with E-state index in [1.54, 1.807) is 0 Å². The van der Waals surface area contributed by atoms with Gasteiger partial charge >= 0.3 is 0 Å². The summed E-state index contributed by atoms with van der Waals surface area (Å²) in [5.74, 6) is 0.125. The van der Waals surface area contributed by atoms with E-state index in [2.05, 4.69) is 5.32 Å². The zero-order valence-corrected chi connectivity index (χ0v) is 5.14. The van der Waals surface area contributed by atoms with E-state index in [1.807, 2.05) is 18.9 Å². The molecule has 0 radical (unpaired) electrons. The molecule has 46 valence electrons. The van der Waals surface area contributed by atoms with Crippen LogP contribution >= 0.6 is 0 Å². The first-order chi connectivity index (χ1) is 3.70. The summed E-state index contributed by atoms with van der Waals surface area (Å²) >= 11 is 0. The second kappa shape index (κ2) is 1.74. The quantitative estimate of drug-likeness (QED) is 0.456. The third kappa shape index (κ3) is 0.816. The molecule has 0 aromatic carbocycles. The SMILES string of the molecule is CC1NC(=O)CN1C. The molecule has 0 aliphatic carbocycles. The standard InChI is InChI=1S/C5H10N2O/c1-4-6-5(8)3-7(4)2/h4H,3H2,1-2H3,(H,6,8). The van der Waals surface area contributed by atoms with E-state index in [1.165, 1.54) is 0 Å². The topological polar surface area (TPSA) is 32.3 Å². The van der Waals surface area contributed by atoms with E-state index < -0.39 is 0 Å². The Labute approximate surface area is 48.7 Å². The zero-order chi connectivity index (χ0) is 6.15. The number of hydrogen-bond acceptors (Lipinski definition) is 2. The van der Waals surface area contributed by atoms with E-state index in [0.29, 0.717) is 6.54 Å². The molecule has 8 heavy (non-hydrogen) atoms. The fourth-order valence-electron chi connectivity index (χ4n) is 0.752. The summed E-state index contributed by atoms with van der Waals surface area (Å²) in [4.78, 5) is 12.5. The van der Waals surface area contributed by atoms with Gasteiger partial charge in [0.15, 0.2) is 0 Å². The molecule has 1 atom stereocenters. The summed E-state index contributed by atoms with van der Waals surface area (Å²) < 4.78 is 0. The third-order valence-electron chi connectivity index (χ3n) is 1.42. The molecule has 1 rings (SSSR count). The van der Waals surface area contributed by atoms with Crippen LogP contribution in [0.25, 0.3) is 0 Å². The molecule has 1 aliphatic heterocycles. The Morgan fingerprint density at radius 2 is 2.50 bits per heavy atom. The molecule has 1 amide bonds. The first-order valence-corrected chi connectivity index (χ1v) is 2.70. The summed E-state index contributed by atoms with van der Waals surface area (Å²) in [6, 6.07) is 0. The lowest BCUT2D eigenvalue weighted by atomic mass is 10.6. The molecule has 3 heteroatoms. The fourth-order valence-corrected chi connectivity index (χ4v) is 0.752. The van der Waals surface area contributed by atoms with Crippen molar-refractivity contribution in [3.63, 3.8) is 0 Å². The lowest BCUT2D eigenvalue weighted by molar-refractivity contribution is -0.118. The van der Waals surface area contributed by atoms with Crippen LogP contribution in [-0.2, 0) is 4.79 Å². The van der Waals surface area contributed by atoms with E-state index in [9.17, 15) is 4.79 Å². The Hall–Kier alpha value is -0.570. The van der Waals surface area contributed by atoms with Crippen LogP contribution in [0.5, 0.6) is 0 Å². The van der Waals surface area contributed by atoms with Gasteiger partial charge in [-0.3, -0.25) is 9.69 Å². The highest BCUT2D eigenvalue weighted by molar-refractivity contribution is 5.80. The van der Waals surface area contributed by atoms with Crippen molar-refractivity contribution in [2.45, 2.75) is 13.1 Å². The highest BCUT2D eigenvalue weighted by atomic mass is 16.2. The second-order valence-electron chi connectivity index (χ2n) is 2.16. The number of amides is 1. The molecule has 0 saturated carbocycles. The largest absolute Gasteiger partial charge is 0.340 e. The van der Waals surface area contributed by atoms with Crippen LogP contribution in [0.1, 0.15) is 6.92 Å². The molecule has 1 N–H and O–H groups in total. The van der Waals surface area contributed by atoms with Gasteiger partial charge < -0.3 is 5.32 Å². The minimum Gasteiger partial charge on any atom is -0.340 e. The van der Waals surface area contributed by atoms with Crippen molar-refractivity contribution in [1.29, 1.82) is 0 Å². The summed E-state index contributed by atoms with van der Waals surface area (Å²) in [6.07, 6.45) is 0.225. The number of nitrogens with one attached hydrogen (secondary N) is 1. The number of carbonyl (C=O) groups is 1. The lowest BCUT2D eigenvalue weighted by Crippen LogP contribution is -2.29. The van der Waals surface area contributed by atoms with Crippen molar-refractivity contribution < 1.29 is 4.79 Å². The molecule has 0 aromatic rings. The molecular formula is C5H10N2O. The Bertz CT molecular complexity index is 101. The van der Waals surface area contributed by atoms with Crippen molar-refractivity contribution in [3.8, 4) is 0 Å². The molecular weight excluding hydrogens is 104 g/mol. The van der Waals surface area contributed by atoms with Crippen LogP contribution in [0.4, 0.5) is 0 Å². The van der Waals surface area contributed by atoms with E-state index >= 15 is 0 Å². The van der Waals surface area contributed by atoms with E-state index in [0.717, 1.165) is 0 Å². The van der Waals surface area contributed by atoms with Gasteiger partial charge in [0, 0.05) is 0 Å². The average molecular weight is 114 g/mol. The minimum atomic E-state index is 0.125. The normalized spacial score (nSPS) is 30.8. The summed E-state index contributed by atoms with van der Waals surface area (Å²) in [6.45, 7) is 2.51. The van der Waals surface area contributed by atoms with Crippen LogP contribution < -0.4 is 5.32 Å². The monoisotopic (exact) mass is 114 g/mol. The lowest BCUT2D eigenvalue weighted by Gasteiger charge is -2.10. The smallest absolute Gasteiger partial charge is 0.235 e. The summed E-state index contributed by atoms with van der Waals surface area (Å²) in [5.41, 5.74) is 0. The highest BCUT2D eigenvalue weighted by Gasteiger charge is 2.21. The second-order valence-corrected chi connectivity index (χ2v) is 2.16. The van der Waals surface area contributed by atoms with Crippen molar-refractivity contribution in [3.05, 3.63) is 0 Å². The van der Waals surface area contributed by atoms with E-state index in [4.69, 9.17) is 0 Å². The molecule has 0 bridgehead atoms. The molecule has 1 aliphatic rings. The minimum absolute atomic E-state index is 0.125. The maximum Gasteiger partial charge on any atom is 0.235 e. The Morgan fingerprint density at radius 3 is 2.62 bits per heavy atom. The maximum absolute atomic E-state index is 10.5. The number of likely N-dealkylation sites (N-methyl/N-ethyl adjacent to an activating group) is 1. The van der Waals surface area contributed by atoms with Gasteiger partial charge in [0.25, 0.3) is 0 Å². The number of rotatable bonds is 0. The molecule has 0 aromatic heterocycles. The van der Waals surface area contributed by atoms with Crippen LogP contribution in [-0.4, -0.2) is 30.6 Å². The zero-order valence-electron chi connectivity index (χ0n) is 5.14. The average Bonchev–Trinajstić information content (AvgIpc) is 1.85. The van der Waals surface area contributed by atoms with Gasteiger partial charge in [-0.15, -0.1) is 0 Å². The van der Waals surface area contributed by atoms with Gasteiger partial charge in [-0.25, -0.2) is 0 Å². The van der Waals surface area contributed by atoms with Crippen molar-refractivity contribution in [1.82, 2.24) is 10.2 Å². The molecule has 1 fully saturated rings. The Kier molecular flexibility index (Phi) is 1.21. The Morgan fingerprint density at radius 1 is 1.88 bits per heavy atom. The Balaban J connectivity index is 2.51. The van der Waals surface area contributed by atoms with Crippen LogP contribution in [0, 0.1) is 0 Å². The number of hydrogen-bond donors (Lipinski definition) is 1. The maximum atomic E-state index is 10.5. The molecule has 1 unspecified atom stereocenters. The van der Waals surface area contributed by atoms with Crippen molar-refractivity contribution in [2.75, 3.05) is 13.6 Å². The van der Waals surface area contributed by atoms with Crippen molar-refractivity contribution >= 4 is 5.91 Å². The summed E-state index contributed by atoms with van der Waals surface area (Å²) in [5, 5.41) is 2.75. The van der Waals surface area contributed by atoms with Gasteiger partial charge in [0.1, 0.15) is 0 Å². The number of nitrogens with zero attached hydrogens (tertiary/aromatic N) is 1. The van der Waals surface area contributed by atoms with Crippen LogP contribution in [0.2, 0.25) is 0 Å². The highest BCUT2D eigenvalue weighted by Crippen LogP contribution is 1.97. The van der Waals surface area contributed by atoms with Crippen LogP contribution in [0.3, 0.4) is 0 Å². The van der Waals surface area contributed by atoms with E-state index in [-0.39, 0.29) is 12.1 Å². The van der Waals surface area contributed by atoms with Crippen molar-refractivity contribution in [2.24, 2.45) is 0 Å². The van der Waals surface area contributed by atoms with Crippen LogP contribution in [0.15, 0.2) is 0 Å². The predicted octanol–water partition coefficient (Wildman–Crippen LogP) is -0.606. The molecule has 3 nitrogen and oxygen atoms in total. The molecule has 1 heterocycles. The fraction of sp³-hybridized carbons (Fsp3) is 0.800. The summed E-state index contributed by atoms with van der Waals surface area (Å²) in [7, 11) is 1.92. The van der Waals surface area contributed by atoms with Gasteiger partial charge in [-0.05, 0) is 14.0 Å². The third-order valence-corrected chi connectivity index (χ3v) is 1.42. The molecule has 0 spiro atoms.